The molecule has 100 valence electrons. The lowest BCUT2D eigenvalue weighted by Gasteiger charge is -2.11. The van der Waals surface area contributed by atoms with Crippen LogP contribution in [0.15, 0.2) is 40.9 Å². The molecule has 0 amide bonds. The first-order valence-corrected chi connectivity index (χ1v) is 7.20. The lowest BCUT2D eigenvalue weighted by molar-refractivity contribution is 1.00. The van der Waals surface area contributed by atoms with Gasteiger partial charge in [-0.25, -0.2) is 0 Å². The molecular formula is C16H19BrN2. The molecule has 0 aliphatic rings. The number of nitrogens with two attached hydrogens (primary N) is 1. The Morgan fingerprint density at radius 3 is 2.63 bits per heavy atom. The van der Waals surface area contributed by atoms with E-state index in [-0.39, 0.29) is 0 Å². The zero-order valence-corrected chi connectivity index (χ0v) is 12.9. The average molecular weight is 319 g/mol. The van der Waals surface area contributed by atoms with Crippen LogP contribution in [0.5, 0.6) is 0 Å². The van der Waals surface area contributed by atoms with E-state index in [1.165, 1.54) is 16.7 Å². The average Bonchev–Trinajstić information content (AvgIpc) is 2.36. The van der Waals surface area contributed by atoms with Crippen molar-refractivity contribution in [3.8, 4) is 0 Å². The number of rotatable bonds is 4. The molecule has 0 radical (unpaired) electrons. The number of hydrogen-bond acceptors (Lipinski definition) is 2. The number of hydrogen-bond donors (Lipinski definition) is 2. The lowest BCUT2D eigenvalue weighted by atomic mass is 10.1. The van der Waals surface area contributed by atoms with Crippen LogP contribution < -0.4 is 11.1 Å². The number of aryl methyl sites for hydroxylation is 2. The van der Waals surface area contributed by atoms with E-state index in [4.69, 9.17) is 5.73 Å². The summed E-state index contributed by atoms with van der Waals surface area (Å²) in [5, 5.41) is 3.40. The number of halogens is 1. The molecule has 0 atom stereocenters. The Labute approximate surface area is 123 Å². The zero-order chi connectivity index (χ0) is 13.8. The second kappa shape index (κ2) is 6.11. The van der Waals surface area contributed by atoms with E-state index >= 15 is 0 Å². The Kier molecular flexibility index (Phi) is 4.48. The van der Waals surface area contributed by atoms with E-state index in [0.717, 1.165) is 28.8 Å². The van der Waals surface area contributed by atoms with E-state index in [0.29, 0.717) is 0 Å². The van der Waals surface area contributed by atoms with Crippen molar-refractivity contribution in [1.29, 1.82) is 0 Å². The fraction of sp³-hybridized carbons (Fsp3) is 0.250. The maximum Gasteiger partial charge on any atom is 0.0574 e. The summed E-state index contributed by atoms with van der Waals surface area (Å²) in [5.74, 6) is 0. The van der Waals surface area contributed by atoms with Crippen LogP contribution in [-0.2, 0) is 6.42 Å². The molecule has 0 bridgehead atoms. The summed E-state index contributed by atoms with van der Waals surface area (Å²) < 4.78 is 1.13. The first kappa shape index (κ1) is 13.9. The minimum Gasteiger partial charge on any atom is -0.397 e. The van der Waals surface area contributed by atoms with Crippen molar-refractivity contribution in [1.82, 2.24) is 0 Å². The molecule has 19 heavy (non-hydrogen) atoms. The topological polar surface area (TPSA) is 38.0 Å². The Morgan fingerprint density at radius 2 is 1.89 bits per heavy atom. The molecule has 3 heteroatoms. The third kappa shape index (κ3) is 3.74. The van der Waals surface area contributed by atoms with Gasteiger partial charge in [0, 0.05) is 11.0 Å². The molecular weight excluding hydrogens is 300 g/mol. The summed E-state index contributed by atoms with van der Waals surface area (Å²) in [6.45, 7) is 5.07. The number of nitrogens with one attached hydrogen (secondary N) is 1. The van der Waals surface area contributed by atoms with Crippen molar-refractivity contribution in [3.05, 3.63) is 57.6 Å². The molecule has 3 N–H and O–H groups in total. The summed E-state index contributed by atoms with van der Waals surface area (Å²) in [4.78, 5) is 0. The van der Waals surface area contributed by atoms with Gasteiger partial charge in [-0.1, -0.05) is 28.1 Å². The van der Waals surface area contributed by atoms with Crippen LogP contribution in [0, 0.1) is 13.8 Å². The summed E-state index contributed by atoms with van der Waals surface area (Å²) >= 11 is 3.51. The molecule has 0 aromatic heterocycles. The summed E-state index contributed by atoms with van der Waals surface area (Å²) in [6.07, 6.45) is 0.985. The van der Waals surface area contributed by atoms with Crippen LogP contribution in [-0.4, -0.2) is 6.54 Å². The molecule has 2 nitrogen and oxygen atoms in total. The van der Waals surface area contributed by atoms with Gasteiger partial charge in [0.05, 0.1) is 11.4 Å². The summed E-state index contributed by atoms with van der Waals surface area (Å²) in [7, 11) is 0. The van der Waals surface area contributed by atoms with Crippen LogP contribution in [0.4, 0.5) is 11.4 Å². The van der Waals surface area contributed by atoms with Crippen molar-refractivity contribution in [2.75, 3.05) is 17.6 Å². The van der Waals surface area contributed by atoms with Crippen LogP contribution in [0.2, 0.25) is 0 Å². The highest BCUT2D eigenvalue weighted by molar-refractivity contribution is 9.10. The molecule has 2 aromatic rings. The van der Waals surface area contributed by atoms with Gasteiger partial charge in [0.15, 0.2) is 0 Å². The lowest BCUT2D eigenvalue weighted by Crippen LogP contribution is -2.07. The fourth-order valence-electron chi connectivity index (χ4n) is 2.08. The quantitative estimate of drug-likeness (QED) is 0.825. The third-order valence-corrected chi connectivity index (χ3v) is 3.72. The Balaban J connectivity index is 1.98. The SMILES string of the molecule is Cc1ccc(NCCc2cc(Br)ccc2C)c(N)c1. The minimum atomic E-state index is 0.811. The number of nitrogen functional groups attached to an aromatic ring is 1. The van der Waals surface area contributed by atoms with Gasteiger partial charge in [-0.05, 0) is 61.2 Å². The van der Waals surface area contributed by atoms with Crippen molar-refractivity contribution in [3.63, 3.8) is 0 Å². The zero-order valence-electron chi connectivity index (χ0n) is 11.3. The van der Waals surface area contributed by atoms with E-state index in [2.05, 4.69) is 52.4 Å². The molecule has 0 heterocycles. The van der Waals surface area contributed by atoms with E-state index in [1.54, 1.807) is 0 Å². The van der Waals surface area contributed by atoms with Gasteiger partial charge >= 0.3 is 0 Å². The van der Waals surface area contributed by atoms with Gasteiger partial charge in [0.1, 0.15) is 0 Å². The highest BCUT2D eigenvalue weighted by atomic mass is 79.9. The predicted molar refractivity (Wildman–Crippen MR) is 86.7 cm³/mol. The molecule has 0 saturated heterocycles. The fourth-order valence-corrected chi connectivity index (χ4v) is 2.49. The van der Waals surface area contributed by atoms with Crippen LogP contribution in [0.25, 0.3) is 0 Å². The van der Waals surface area contributed by atoms with Crippen molar-refractivity contribution in [2.24, 2.45) is 0 Å². The molecule has 0 aliphatic carbocycles. The first-order valence-electron chi connectivity index (χ1n) is 6.41. The highest BCUT2D eigenvalue weighted by Gasteiger charge is 2.01. The molecule has 0 aliphatic heterocycles. The second-order valence-electron chi connectivity index (χ2n) is 4.84. The number of benzene rings is 2. The van der Waals surface area contributed by atoms with Crippen LogP contribution in [0.3, 0.4) is 0 Å². The smallest absolute Gasteiger partial charge is 0.0574 e. The monoisotopic (exact) mass is 318 g/mol. The second-order valence-corrected chi connectivity index (χ2v) is 5.75. The molecule has 0 unspecified atom stereocenters. The Morgan fingerprint density at radius 1 is 1.11 bits per heavy atom. The molecule has 2 rings (SSSR count). The standard InChI is InChI=1S/C16H19BrN2/c1-11-3-6-16(15(18)9-11)19-8-7-13-10-14(17)5-4-12(13)2/h3-6,9-10,19H,7-8,18H2,1-2H3. The van der Waals surface area contributed by atoms with Gasteiger partial charge < -0.3 is 11.1 Å². The van der Waals surface area contributed by atoms with Gasteiger partial charge in [-0.3, -0.25) is 0 Å². The van der Waals surface area contributed by atoms with Crippen molar-refractivity contribution >= 4 is 27.3 Å². The van der Waals surface area contributed by atoms with Gasteiger partial charge in [-0.2, -0.15) is 0 Å². The molecule has 0 fully saturated rings. The van der Waals surface area contributed by atoms with Gasteiger partial charge in [0.2, 0.25) is 0 Å². The largest absolute Gasteiger partial charge is 0.397 e. The van der Waals surface area contributed by atoms with E-state index in [1.807, 2.05) is 19.1 Å². The maximum absolute atomic E-state index is 5.98. The molecule has 0 saturated carbocycles. The Hall–Kier alpha value is -1.48. The summed E-state index contributed by atoms with van der Waals surface area (Å²) in [6, 6.07) is 12.5. The summed E-state index contributed by atoms with van der Waals surface area (Å²) in [5.41, 5.74) is 11.7. The predicted octanol–water partition coefficient (Wildman–Crippen LogP) is 4.30. The minimum absolute atomic E-state index is 0.811. The molecule has 0 spiro atoms. The van der Waals surface area contributed by atoms with Crippen LogP contribution >= 0.6 is 15.9 Å². The Bertz CT molecular complexity index is 579. The maximum atomic E-state index is 5.98. The van der Waals surface area contributed by atoms with Crippen molar-refractivity contribution in [2.45, 2.75) is 20.3 Å². The highest BCUT2D eigenvalue weighted by Crippen LogP contribution is 2.20. The first-order chi connectivity index (χ1) is 9.06. The molecule has 2 aromatic carbocycles. The normalized spacial score (nSPS) is 10.5. The van der Waals surface area contributed by atoms with Gasteiger partial charge in [0.25, 0.3) is 0 Å². The van der Waals surface area contributed by atoms with Crippen molar-refractivity contribution < 1.29 is 0 Å². The van der Waals surface area contributed by atoms with E-state index in [9.17, 15) is 0 Å². The third-order valence-electron chi connectivity index (χ3n) is 3.23. The van der Waals surface area contributed by atoms with E-state index < -0.39 is 0 Å². The van der Waals surface area contributed by atoms with Crippen LogP contribution in [0.1, 0.15) is 16.7 Å². The number of anilines is 2. The van der Waals surface area contributed by atoms with Gasteiger partial charge in [-0.15, -0.1) is 0 Å².